The number of carboxylic acid groups (broad SMARTS) is 1. The summed E-state index contributed by atoms with van der Waals surface area (Å²) in [7, 11) is 0. The third-order valence-electron chi connectivity index (χ3n) is 3.85. The van der Waals surface area contributed by atoms with Crippen molar-refractivity contribution in [1.82, 2.24) is 0 Å². The van der Waals surface area contributed by atoms with Gasteiger partial charge >= 0.3 is 5.97 Å². The van der Waals surface area contributed by atoms with Crippen molar-refractivity contribution < 1.29 is 14.8 Å². The molecule has 20 heavy (non-hydrogen) atoms. The molecule has 0 heterocycles. The van der Waals surface area contributed by atoms with Gasteiger partial charge in [-0.1, -0.05) is 6.07 Å². The fourth-order valence-electron chi connectivity index (χ4n) is 2.62. The Morgan fingerprint density at radius 1 is 1.35 bits per heavy atom. The number of benzene rings is 1. The van der Waals surface area contributed by atoms with E-state index < -0.39 is 5.97 Å². The van der Waals surface area contributed by atoms with Crippen LogP contribution in [0.2, 0.25) is 0 Å². The number of nitro groups is 1. The van der Waals surface area contributed by atoms with Crippen molar-refractivity contribution >= 4 is 17.3 Å². The van der Waals surface area contributed by atoms with Gasteiger partial charge in [0.25, 0.3) is 5.69 Å². The lowest BCUT2D eigenvalue weighted by molar-refractivity contribution is -0.385. The Balaban J connectivity index is 1.99. The van der Waals surface area contributed by atoms with Crippen LogP contribution in [-0.2, 0) is 4.79 Å². The number of carboxylic acids is 1. The second-order valence-corrected chi connectivity index (χ2v) is 5.29. The van der Waals surface area contributed by atoms with Crippen molar-refractivity contribution in [3.05, 3.63) is 33.9 Å². The molecule has 0 spiro atoms. The zero-order chi connectivity index (χ0) is 14.7. The minimum absolute atomic E-state index is 0.106. The first-order valence-electron chi connectivity index (χ1n) is 6.71. The maximum atomic E-state index is 10.9. The third kappa shape index (κ3) is 3.26. The van der Waals surface area contributed by atoms with E-state index in [0.717, 1.165) is 18.5 Å². The number of nitrogens with zero attached hydrogens (tertiary/aromatic N) is 1. The number of hydrogen-bond donors (Lipinski definition) is 2. The quantitative estimate of drug-likeness (QED) is 0.652. The van der Waals surface area contributed by atoms with Gasteiger partial charge in [-0.2, -0.15) is 0 Å². The maximum Gasteiger partial charge on any atom is 0.306 e. The molecule has 2 rings (SSSR count). The summed E-state index contributed by atoms with van der Waals surface area (Å²) in [6, 6.07) is 5.28. The average Bonchev–Trinajstić information content (AvgIpc) is 2.41. The molecule has 0 saturated heterocycles. The molecule has 108 valence electrons. The van der Waals surface area contributed by atoms with Gasteiger partial charge in [0.15, 0.2) is 0 Å². The fraction of sp³-hybridized carbons (Fsp3) is 0.500. The van der Waals surface area contributed by atoms with E-state index in [9.17, 15) is 14.9 Å². The molecule has 1 aliphatic carbocycles. The molecule has 0 aliphatic heterocycles. The van der Waals surface area contributed by atoms with Crippen LogP contribution in [0.25, 0.3) is 0 Å². The zero-order valence-corrected chi connectivity index (χ0v) is 11.3. The van der Waals surface area contributed by atoms with Crippen LogP contribution in [0.3, 0.4) is 0 Å². The average molecular weight is 278 g/mol. The van der Waals surface area contributed by atoms with E-state index in [4.69, 9.17) is 5.11 Å². The van der Waals surface area contributed by atoms with Crippen LogP contribution in [0.15, 0.2) is 18.2 Å². The van der Waals surface area contributed by atoms with Gasteiger partial charge in [0.2, 0.25) is 0 Å². The summed E-state index contributed by atoms with van der Waals surface area (Å²) in [6.45, 7) is 1.71. The Morgan fingerprint density at radius 2 is 2.00 bits per heavy atom. The largest absolute Gasteiger partial charge is 0.481 e. The number of aliphatic carboxylic acids is 1. The van der Waals surface area contributed by atoms with E-state index in [1.807, 2.05) is 6.07 Å². The molecule has 0 atom stereocenters. The second kappa shape index (κ2) is 5.90. The molecular formula is C14H18N2O4. The first-order chi connectivity index (χ1) is 9.47. The van der Waals surface area contributed by atoms with E-state index in [2.05, 4.69) is 5.32 Å². The van der Waals surface area contributed by atoms with Crippen molar-refractivity contribution in [1.29, 1.82) is 0 Å². The van der Waals surface area contributed by atoms with Crippen molar-refractivity contribution in [2.75, 3.05) is 5.32 Å². The highest BCUT2D eigenvalue weighted by atomic mass is 16.6. The molecule has 0 bridgehead atoms. The minimum atomic E-state index is -0.727. The van der Waals surface area contributed by atoms with Gasteiger partial charge in [-0.15, -0.1) is 0 Å². The molecule has 0 unspecified atom stereocenters. The topological polar surface area (TPSA) is 92.5 Å². The van der Waals surface area contributed by atoms with Crippen LogP contribution < -0.4 is 5.32 Å². The normalized spacial score (nSPS) is 22.2. The summed E-state index contributed by atoms with van der Waals surface area (Å²) in [5.41, 5.74) is 1.46. The summed E-state index contributed by atoms with van der Waals surface area (Å²) in [5.74, 6) is -0.977. The summed E-state index contributed by atoms with van der Waals surface area (Å²) >= 11 is 0. The smallest absolute Gasteiger partial charge is 0.306 e. The van der Waals surface area contributed by atoms with Crippen LogP contribution >= 0.6 is 0 Å². The Morgan fingerprint density at radius 3 is 2.55 bits per heavy atom. The van der Waals surface area contributed by atoms with E-state index in [0.29, 0.717) is 18.4 Å². The molecule has 1 saturated carbocycles. The van der Waals surface area contributed by atoms with Crippen LogP contribution in [0.5, 0.6) is 0 Å². The number of rotatable bonds is 4. The first kappa shape index (κ1) is 14.3. The third-order valence-corrected chi connectivity index (χ3v) is 3.85. The van der Waals surface area contributed by atoms with Crippen LogP contribution in [-0.4, -0.2) is 22.0 Å². The summed E-state index contributed by atoms with van der Waals surface area (Å²) in [4.78, 5) is 21.4. The highest BCUT2D eigenvalue weighted by Crippen LogP contribution is 2.28. The van der Waals surface area contributed by atoms with Crippen molar-refractivity contribution in [2.24, 2.45) is 5.92 Å². The monoisotopic (exact) mass is 278 g/mol. The molecule has 1 aromatic carbocycles. The molecule has 2 N–H and O–H groups in total. The number of carbonyl (C=O) groups is 1. The van der Waals surface area contributed by atoms with E-state index >= 15 is 0 Å². The lowest BCUT2D eigenvalue weighted by Crippen LogP contribution is -2.29. The van der Waals surface area contributed by atoms with Gasteiger partial charge in [0, 0.05) is 23.4 Å². The van der Waals surface area contributed by atoms with E-state index in [-0.39, 0.29) is 22.6 Å². The van der Waals surface area contributed by atoms with Gasteiger partial charge in [0.05, 0.1) is 10.8 Å². The molecule has 6 heteroatoms. The number of hydrogen-bond acceptors (Lipinski definition) is 4. The Hall–Kier alpha value is -2.11. The SMILES string of the molecule is Cc1ccc(NC2CCC(C(=O)O)CC2)cc1[N+](=O)[O-]. The lowest BCUT2D eigenvalue weighted by Gasteiger charge is -2.27. The summed E-state index contributed by atoms with van der Waals surface area (Å²) < 4.78 is 0. The molecule has 1 aromatic rings. The highest BCUT2D eigenvalue weighted by Gasteiger charge is 2.26. The standard InChI is InChI=1S/C14H18N2O4/c1-9-2-5-12(8-13(9)16(19)20)15-11-6-3-10(4-7-11)14(17)18/h2,5,8,10-11,15H,3-4,6-7H2,1H3,(H,17,18). The number of aryl methyl sites for hydroxylation is 1. The maximum absolute atomic E-state index is 10.9. The lowest BCUT2D eigenvalue weighted by atomic mass is 9.86. The predicted octanol–water partition coefficient (Wildman–Crippen LogP) is 2.96. The van der Waals surface area contributed by atoms with Gasteiger partial charge in [0.1, 0.15) is 0 Å². The minimum Gasteiger partial charge on any atom is -0.481 e. The van der Waals surface area contributed by atoms with Gasteiger partial charge in [-0.05, 0) is 38.7 Å². The Kier molecular flexibility index (Phi) is 4.22. The molecule has 0 aromatic heterocycles. The molecule has 1 fully saturated rings. The predicted molar refractivity (Wildman–Crippen MR) is 74.8 cm³/mol. The summed E-state index contributed by atoms with van der Waals surface area (Å²) in [6.07, 6.45) is 2.86. The Bertz CT molecular complexity index is 522. The molecule has 0 amide bonds. The van der Waals surface area contributed by atoms with Gasteiger partial charge < -0.3 is 10.4 Å². The number of nitro benzene ring substituents is 1. The van der Waals surface area contributed by atoms with E-state index in [1.54, 1.807) is 19.1 Å². The van der Waals surface area contributed by atoms with Gasteiger partial charge in [-0.25, -0.2) is 0 Å². The van der Waals surface area contributed by atoms with Crippen LogP contribution in [0.1, 0.15) is 31.2 Å². The molecular weight excluding hydrogens is 260 g/mol. The number of nitrogens with one attached hydrogen (secondary N) is 1. The second-order valence-electron chi connectivity index (χ2n) is 5.29. The highest BCUT2D eigenvalue weighted by molar-refractivity contribution is 5.70. The van der Waals surface area contributed by atoms with Crippen molar-refractivity contribution in [3.8, 4) is 0 Å². The zero-order valence-electron chi connectivity index (χ0n) is 11.3. The van der Waals surface area contributed by atoms with Crippen LogP contribution in [0.4, 0.5) is 11.4 Å². The molecule has 1 aliphatic rings. The van der Waals surface area contributed by atoms with Crippen molar-refractivity contribution in [2.45, 2.75) is 38.6 Å². The Labute approximate surface area is 117 Å². The van der Waals surface area contributed by atoms with Gasteiger partial charge in [-0.3, -0.25) is 14.9 Å². The van der Waals surface area contributed by atoms with Crippen molar-refractivity contribution in [3.63, 3.8) is 0 Å². The first-order valence-corrected chi connectivity index (χ1v) is 6.71. The molecule has 0 radical (unpaired) electrons. The fourth-order valence-corrected chi connectivity index (χ4v) is 2.62. The number of anilines is 1. The molecule has 6 nitrogen and oxygen atoms in total. The van der Waals surface area contributed by atoms with Crippen LogP contribution in [0, 0.1) is 23.0 Å². The summed E-state index contributed by atoms with van der Waals surface area (Å²) in [5, 5.41) is 23.1. The van der Waals surface area contributed by atoms with E-state index in [1.165, 1.54) is 0 Å².